The molecule has 2 heterocycles. The number of amides is 1. The molecule has 10 heteroatoms. The number of aromatic nitrogens is 4. The Morgan fingerprint density at radius 1 is 1.11 bits per heavy atom. The lowest BCUT2D eigenvalue weighted by atomic mass is 10.2. The van der Waals surface area contributed by atoms with E-state index >= 15 is 0 Å². The van der Waals surface area contributed by atoms with Crippen LogP contribution in [0.5, 0.6) is 11.5 Å². The third-order valence-electron chi connectivity index (χ3n) is 5.35. The molecule has 4 rings (SSSR count). The zero-order valence-electron chi connectivity index (χ0n) is 19.3. The van der Waals surface area contributed by atoms with Gasteiger partial charge in [0.25, 0.3) is 5.56 Å². The monoisotopic (exact) mass is 537 g/mol. The summed E-state index contributed by atoms with van der Waals surface area (Å²) >= 11 is 3.41. The predicted molar refractivity (Wildman–Crippen MR) is 137 cm³/mol. The molecule has 0 atom stereocenters. The van der Waals surface area contributed by atoms with Gasteiger partial charge >= 0.3 is 0 Å². The zero-order valence-corrected chi connectivity index (χ0v) is 20.9. The number of benzene rings is 2. The van der Waals surface area contributed by atoms with E-state index in [0.29, 0.717) is 42.2 Å². The lowest BCUT2D eigenvalue weighted by Crippen LogP contribution is -2.26. The smallest absolute Gasteiger partial charge is 0.264 e. The van der Waals surface area contributed by atoms with Crippen molar-refractivity contribution in [2.75, 3.05) is 20.8 Å². The Kier molecular flexibility index (Phi) is 7.61. The summed E-state index contributed by atoms with van der Waals surface area (Å²) in [5, 5.41) is 7.53. The maximum Gasteiger partial charge on any atom is 0.264 e. The van der Waals surface area contributed by atoms with E-state index in [1.54, 1.807) is 41.7 Å². The molecule has 35 heavy (non-hydrogen) atoms. The number of halogens is 1. The summed E-state index contributed by atoms with van der Waals surface area (Å²) in [6.45, 7) is 1.13. The molecule has 9 nitrogen and oxygen atoms in total. The van der Waals surface area contributed by atoms with Crippen LogP contribution >= 0.6 is 15.9 Å². The molecule has 0 radical (unpaired) electrons. The fourth-order valence-corrected chi connectivity index (χ4v) is 3.80. The Balaban J connectivity index is 1.36. The standard InChI is InChI=1S/C25H24BrN5O4/c1-34-21-9-5-17(13-22(21)35-2)6-10-23(32)27-11-12-31-24-20(14-29-31)25(33)30(16-28-24)15-18-3-7-19(26)8-4-18/h3-10,13-14,16H,11-12,15H2,1-2H3,(H,27,32)/b10-6-. The molecule has 0 unspecified atom stereocenters. The Bertz CT molecular complexity index is 1430. The van der Waals surface area contributed by atoms with Gasteiger partial charge in [0, 0.05) is 17.1 Å². The van der Waals surface area contributed by atoms with E-state index in [2.05, 4.69) is 31.3 Å². The zero-order chi connectivity index (χ0) is 24.8. The molecule has 0 saturated carbocycles. The number of carbonyl (C=O) groups excluding carboxylic acids is 1. The highest BCUT2D eigenvalue weighted by atomic mass is 79.9. The van der Waals surface area contributed by atoms with Crippen LogP contribution in [0.1, 0.15) is 11.1 Å². The number of nitrogens with zero attached hydrogens (tertiary/aromatic N) is 4. The van der Waals surface area contributed by atoms with E-state index in [4.69, 9.17) is 9.47 Å². The molecule has 0 spiro atoms. The van der Waals surface area contributed by atoms with Gasteiger partial charge in [0.15, 0.2) is 17.1 Å². The molecule has 180 valence electrons. The van der Waals surface area contributed by atoms with Gasteiger partial charge < -0.3 is 14.8 Å². The summed E-state index contributed by atoms with van der Waals surface area (Å²) in [4.78, 5) is 29.5. The molecule has 0 fully saturated rings. The lowest BCUT2D eigenvalue weighted by Gasteiger charge is -2.08. The van der Waals surface area contributed by atoms with Crippen molar-refractivity contribution in [3.8, 4) is 11.5 Å². The van der Waals surface area contributed by atoms with Crippen LogP contribution in [0.15, 0.2) is 70.3 Å². The second-order valence-electron chi connectivity index (χ2n) is 7.65. The minimum atomic E-state index is -0.249. The van der Waals surface area contributed by atoms with Gasteiger partial charge in [0.2, 0.25) is 5.91 Å². The van der Waals surface area contributed by atoms with Gasteiger partial charge in [-0.25, -0.2) is 9.67 Å². The molecule has 2 aromatic carbocycles. The third-order valence-corrected chi connectivity index (χ3v) is 5.87. The number of fused-ring (bicyclic) bond motifs is 1. The van der Waals surface area contributed by atoms with Crippen LogP contribution in [0.2, 0.25) is 0 Å². The van der Waals surface area contributed by atoms with Crippen LogP contribution < -0.4 is 20.3 Å². The molecule has 1 amide bonds. The highest BCUT2D eigenvalue weighted by Crippen LogP contribution is 2.27. The fourth-order valence-electron chi connectivity index (χ4n) is 3.53. The van der Waals surface area contributed by atoms with Gasteiger partial charge in [-0.2, -0.15) is 5.10 Å². The Labute approximate surface area is 210 Å². The second-order valence-corrected chi connectivity index (χ2v) is 8.56. The quantitative estimate of drug-likeness (QED) is 0.329. The van der Waals surface area contributed by atoms with E-state index in [9.17, 15) is 9.59 Å². The first-order chi connectivity index (χ1) is 17.0. The number of rotatable bonds is 9. The normalized spacial score (nSPS) is 11.2. The van der Waals surface area contributed by atoms with Gasteiger partial charge in [-0.15, -0.1) is 0 Å². The van der Waals surface area contributed by atoms with Gasteiger partial charge in [0.05, 0.1) is 33.5 Å². The molecular formula is C25H24BrN5O4. The summed E-state index contributed by atoms with van der Waals surface area (Å²) in [5.74, 6) is 0.958. The highest BCUT2D eigenvalue weighted by molar-refractivity contribution is 9.10. The summed E-state index contributed by atoms with van der Waals surface area (Å²) in [5.41, 5.74) is 2.12. The SMILES string of the molecule is COc1ccc(/C=C\C(=O)NCCn2ncc3c(=O)n(Cc4ccc(Br)cc4)cnc32)cc1OC. The van der Waals surface area contributed by atoms with Gasteiger partial charge in [-0.05, 0) is 41.5 Å². The first kappa shape index (κ1) is 24.2. The molecule has 0 saturated heterocycles. The van der Waals surface area contributed by atoms with Crippen LogP contribution in [0.4, 0.5) is 0 Å². The molecule has 2 aromatic heterocycles. The molecular weight excluding hydrogens is 514 g/mol. The number of hydrogen-bond donors (Lipinski definition) is 1. The summed E-state index contributed by atoms with van der Waals surface area (Å²) in [6.07, 6.45) is 6.18. The highest BCUT2D eigenvalue weighted by Gasteiger charge is 2.11. The second kappa shape index (κ2) is 11.0. The van der Waals surface area contributed by atoms with E-state index < -0.39 is 0 Å². The first-order valence-electron chi connectivity index (χ1n) is 10.8. The number of methoxy groups -OCH3 is 2. The van der Waals surface area contributed by atoms with Crippen molar-refractivity contribution < 1.29 is 14.3 Å². The summed E-state index contributed by atoms with van der Waals surface area (Å²) in [6, 6.07) is 13.2. The minimum absolute atomic E-state index is 0.161. The molecule has 1 N–H and O–H groups in total. The molecule has 0 bridgehead atoms. The van der Waals surface area contributed by atoms with Gasteiger partial charge in [-0.3, -0.25) is 14.2 Å². The Morgan fingerprint density at radius 2 is 1.89 bits per heavy atom. The van der Waals surface area contributed by atoms with Crippen molar-refractivity contribution in [2.24, 2.45) is 0 Å². The number of hydrogen-bond acceptors (Lipinski definition) is 6. The van der Waals surface area contributed by atoms with Crippen molar-refractivity contribution in [3.05, 3.63) is 87.0 Å². The van der Waals surface area contributed by atoms with Crippen molar-refractivity contribution in [1.29, 1.82) is 0 Å². The van der Waals surface area contributed by atoms with Crippen molar-refractivity contribution in [1.82, 2.24) is 24.6 Å². The molecule has 0 aliphatic rings. The fraction of sp³-hybridized carbons (Fsp3) is 0.200. The largest absolute Gasteiger partial charge is 0.493 e. The summed E-state index contributed by atoms with van der Waals surface area (Å²) in [7, 11) is 3.13. The van der Waals surface area contributed by atoms with Crippen LogP contribution in [0.3, 0.4) is 0 Å². The maximum atomic E-state index is 12.9. The van der Waals surface area contributed by atoms with Crippen molar-refractivity contribution in [3.63, 3.8) is 0 Å². The van der Waals surface area contributed by atoms with Crippen LogP contribution in [0, 0.1) is 0 Å². The summed E-state index contributed by atoms with van der Waals surface area (Å²) < 4.78 is 14.6. The number of carbonyl (C=O) groups is 1. The van der Waals surface area contributed by atoms with E-state index in [0.717, 1.165) is 15.6 Å². The first-order valence-corrected chi connectivity index (χ1v) is 11.6. The van der Waals surface area contributed by atoms with E-state index in [-0.39, 0.29) is 11.5 Å². The average Bonchev–Trinajstić information content (AvgIpc) is 3.29. The number of ether oxygens (including phenoxy) is 2. The Hall–Kier alpha value is -3.92. The topological polar surface area (TPSA) is 100 Å². The van der Waals surface area contributed by atoms with Crippen LogP contribution in [-0.4, -0.2) is 46.0 Å². The predicted octanol–water partition coefficient (Wildman–Crippen LogP) is 3.25. The maximum absolute atomic E-state index is 12.9. The van der Waals surface area contributed by atoms with E-state index in [1.807, 2.05) is 30.3 Å². The van der Waals surface area contributed by atoms with Crippen molar-refractivity contribution >= 4 is 38.9 Å². The third kappa shape index (κ3) is 5.78. The van der Waals surface area contributed by atoms with Crippen LogP contribution in [0.25, 0.3) is 17.1 Å². The minimum Gasteiger partial charge on any atom is -0.493 e. The Morgan fingerprint density at radius 3 is 2.63 bits per heavy atom. The van der Waals surface area contributed by atoms with Gasteiger partial charge in [-0.1, -0.05) is 34.1 Å². The molecule has 0 aliphatic carbocycles. The van der Waals surface area contributed by atoms with E-state index in [1.165, 1.54) is 18.6 Å². The average molecular weight is 538 g/mol. The van der Waals surface area contributed by atoms with Gasteiger partial charge in [0.1, 0.15) is 11.7 Å². The van der Waals surface area contributed by atoms with Crippen molar-refractivity contribution in [2.45, 2.75) is 13.1 Å². The molecule has 4 aromatic rings. The number of nitrogens with one attached hydrogen (secondary N) is 1. The van der Waals surface area contributed by atoms with Crippen LogP contribution in [-0.2, 0) is 17.9 Å². The molecule has 0 aliphatic heterocycles. The lowest BCUT2D eigenvalue weighted by molar-refractivity contribution is -0.116.